The smallest absolute Gasteiger partial charge is 0.163 e. The third kappa shape index (κ3) is 6.91. The average Bonchev–Trinajstić information content (AvgIpc) is 3.60. The van der Waals surface area contributed by atoms with Gasteiger partial charge in [0.05, 0.1) is 6.04 Å². The quantitative estimate of drug-likeness (QED) is 0.149. The van der Waals surface area contributed by atoms with Gasteiger partial charge in [0.25, 0.3) is 0 Å². The van der Waals surface area contributed by atoms with Gasteiger partial charge in [-0.05, 0) is 101 Å². The van der Waals surface area contributed by atoms with E-state index in [0.717, 1.165) is 29.5 Å². The molecule has 0 amide bonds. The Labute approximate surface area is 337 Å². The summed E-state index contributed by atoms with van der Waals surface area (Å²) in [7, 11) is 0. The van der Waals surface area contributed by atoms with Crippen LogP contribution in [0.5, 0.6) is 0 Å². The molecule has 1 aromatic heterocycles. The second kappa shape index (κ2) is 15.6. The molecule has 4 aliphatic rings. The number of nitrogens with zero attached hydrogens (tertiary/aromatic N) is 4. The highest BCUT2D eigenvalue weighted by molar-refractivity contribution is 5.90. The van der Waals surface area contributed by atoms with Crippen LogP contribution in [0.2, 0.25) is 0 Å². The molecular formula is C53H48N4. The minimum absolute atomic E-state index is 0.0374. The van der Waals surface area contributed by atoms with E-state index in [1.54, 1.807) is 0 Å². The lowest BCUT2D eigenvalue weighted by Crippen LogP contribution is -2.31. The maximum absolute atomic E-state index is 5.44. The first-order valence-electron chi connectivity index (χ1n) is 20.4. The summed E-state index contributed by atoms with van der Waals surface area (Å²) in [4.78, 5) is 18.6. The van der Waals surface area contributed by atoms with Gasteiger partial charge in [-0.1, -0.05) is 160 Å². The molecule has 5 unspecified atom stereocenters. The molecule has 57 heavy (non-hydrogen) atoms. The zero-order valence-corrected chi connectivity index (χ0v) is 33.1. The van der Waals surface area contributed by atoms with Crippen LogP contribution in [-0.4, -0.2) is 21.0 Å². The van der Waals surface area contributed by atoms with Crippen LogP contribution < -0.4 is 4.90 Å². The first-order chi connectivity index (χ1) is 28.0. The summed E-state index contributed by atoms with van der Waals surface area (Å²) >= 11 is 0. The molecule has 2 heterocycles. The Bertz CT molecular complexity index is 2550. The second-order valence-corrected chi connectivity index (χ2v) is 15.6. The molecule has 0 bridgehead atoms. The Hall–Kier alpha value is -6.39. The minimum Gasteiger partial charge on any atom is -0.334 e. The predicted octanol–water partition coefficient (Wildman–Crippen LogP) is 12.9. The van der Waals surface area contributed by atoms with E-state index >= 15 is 0 Å². The van der Waals surface area contributed by atoms with E-state index in [1.165, 1.54) is 55.9 Å². The van der Waals surface area contributed by atoms with Crippen molar-refractivity contribution in [1.82, 2.24) is 15.0 Å². The molecular weight excluding hydrogens is 693 g/mol. The Kier molecular flexibility index (Phi) is 9.94. The van der Waals surface area contributed by atoms with Gasteiger partial charge in [-0.15, -0.1) is 0 Å². The van der Waals surface area contributed by atoms with Crippen molar-refractivity contribution in [2.24, 2.45) is 17.8 Å². The van der Waals surface area contributed by atoms with Crippen LogP contribution in [0.1, 0.15) is 62.8 Å². The van der Waals surface area contributed by atoms with Gasteiger partial charge < -0.3 is 4.90 Å². The van der Waals surface area contributed by atoms with Gasteiger partial charge in [-0.2, -0.15) is 0 Å². The van der Waals surface area contributed by atoms with Gasteiger partial charge >= 0.3 is 0 Å². The fourth-order valence-corrected chi connectivity index (χ4v) is 9.07. The lowest BCUT2D eigenvalue weighted by molar-refractivity contribution is 0.597. The first-order valence-corrected chi connectivity index (χ1v) is 20.4. The van der Waals surface area contributed by atoms with Crippen LogP contribution in [0, 0.1) is 17.8 Å². The summed E-state index contributed by atoms with van der Waals surface area (Å²) in [5.41, 5.74) is 13.3. The number of rotatable bonds is 8. The Morgan fingerprint density at radius 1 is 0.684 bits per heavy atom. The maximum atomic E-state index is 5.44. The highest BCUT2D eigenvalue weighted by Crippen LogP contribution is 2.54. The molecule has 1 saturated heterocycles. The number of para-hydroxylation sites is 1. The van der Waals surface area contributed by atoms with Crippen LogP contribution >= 0.6 is 0 Å². The van der Waals surface area contributed by atoms with E-state index in [-0.39, 0.29) is 29.7 Å². The minimum atomic E-state index is 0.0374. The van der Waals surface area contributed by atoms with E-state index in [1.807, 2.05) is 6.07 Å². The largest absolute Gasteiger partial charge is 0.334 e. The van der Waals surface area contributed by atoms with Gasteiger partial charge in [0.2, 0.25) is 0 Å². The highest BCUT2D eigenvalue weighted by atomic mass is 15.2. The van der Waals surface area contributed by atoms with Crippen molar-refractivity contribution < 1.29 is 0 Å². The van der Waals surface area contributed by atoms with E-state index in [0.29, 0.717) is 0 Å². The Morgan fingerprint density at radius 3 is 2.09 bits per heavy atom. The van der Waals surface area contributed by atoms with Crippen LogP contribution in [-0.2, 0) is 0 Å². The molecule has 3 aliphatic carbocycles. The number of fused-ring (bicyclic) bond motifs is 3. The predicted molar refractivity (Wildman–Crippen MR) is 238 cm³/mol. The number of anilines is 1. The third-order valence-corrected chi connectivity index (χ3v) is 11.8. The molecule has 5 aromatic rings. The molecule has 4 nitrogen and oxygen atoms in total. The van der Waals surface area contributed by atoms with Gasteiger partial charge in [0.15, 0.2) is 11.6 Å². The van der Waals surface area contributed by atoms with E-state index < -0.39 is 0 Å². The molecule has 280 valence electrons. The van der Waals surface area contributed by atoms with Crippen LogP contribution in [0.4, 0.5) is 5.69 Å². The summed E-state index contributed by atoms with van der Waals surface area (Å²) in [6, 6.07) is 39.2. The van der Waals surface area contributed by atoms with Crippen molar-refractivity contribution >= 4 is 22.4 Å². The Morgan fingerprint density at radius 2 is 1.37 bits per heavy atom. The van der Waals surface area contributed by atoms with Crippen LogP contribution in [0.3, 0.4) is 0 Å². The standard InChI is InChI=1S/C53H48N4/c1-5-19-37(6-2)40-32-41(38-21-10-7-11-22-38)34-42(33-40)45-28-18-29-47-49(45)50-46(30-35(3)31-48(50)57(47)43-25-14-9-15-26-43)53-55-51(39-23-12-8-13-24-39)54-52(56-53)44-27-17-16-20-36(44)4/h5-29,31-36,44,47,49H,30H2,1-4H3/b19-5-,37-6+. The van der Waals surface area contributed by atoms with Crippen molar-refractivity contribution in [3.8, 4) is 22.5 Å². The zero-order chi connectivity index (χ0) is 38.9. The van der Waals surface area contributed by atoms with Gasteiger partial charge in [0.1, 0.15) is 5.82 Å². The molecule has 4 aromatic carbocycles. The van der Waals surface area contributed by atoms with Gasteiger partial charge in [-0.3, -0.25) is 0 Å². The first kappa shape index (κ1) is 36.3. The maximum Gasteiger partial charge on any atom is 0.163 e. The fraction of sp³-hybridized carbons (Fsp3) is 0.189. The summed E-state index contributed by atoms with van der Waals surface area (Å²) in [5, 5.41) is 0. The van der Waals surface area contributed by atoms with Crippen molar-refractivity contribution in [2.45, 2.75) is 46.1 Å². The van der Waals surface area contributed by atoms with Crippen molar-refractivity contribution in [3.63, 3.8) is 0 Å². The van der Waals surface area contributed by atoms with Crippen molar-refractivity contribution in [3.05, 3.63) is 210 Å². The number of aromatic nitrogens is 3. The molecule has 0 N–H and O–H groups in total. The SMILES string of the molecule is C/C=C\C(=C/C)c1cc(C2=CC=CC3C2C2=C(c4nc(-c5ccccc5)nc(C5C=CC=CC5C)n4)CC(C)C=C2N3c2ccccc2)cc(-c2ccccc2)c1. The normalized spacial score (nSPS) is 22.8. The van der Waals surface area contributed by atoms with E-state index in [9.17, 15) is 0 Å². The molecule has 1 fully saturated rings. The Balaban J connectivity index is 1.29. The zero-order valence-electron chi connectivity index (χ0n) is 33.1. The molecule has 0 radical (unpaired) electrons. The van der Waals surface area contributed by atoms with Gasteiger partial charge in [0, 0.05) is 34.4 Å². The molecule has 0 saturated carbocycles. The molecule has 0 spiro atoms. The lowest BCUT2D eigenvalue weighted by atomic mass is 9.75. The molecule has 5 atom stereocenters. The van der Waals surface area contributed by atoms with Crippen molar-refractivity contribution in [1.29, 1.82) is 0 Å². The topological polar surface area (TPSA) is 41.9 Å². The lowest BCUT2D eigenvalue weighted by Gasteiger charge is -2.31. The number of hydrogen-bond donors (Lipinski definition) is 0. The van der Waals surface area contributed by atoms with Crippen LogP contribution in [0.15, 0.2) is 187 Å². The highest BCUT2D eigenvalue weighted by Gasteiger charge is 2.47. The number of benzene rings is 4. The monoisotopic (exact) mass is 740 g/mol. The fourth-order valence-electron chi connectivity index (χ4n) is 9.07. The summed E-state index contributed by atoms with van der Waals surface area (Å²) in [6.07, 6.45) is 25.6. The average molecular weight is 741 g/mol. The summed E-state index contributed by atoms with van der Waals surface area (Å²) in [6.45, 7) is 8.79. The summed E-state index contributed by atoms with van der Waals surface area (Å²) < 4.78 is 0. The third-order valence-electron chi connectivity index (χ3n) is 11.8. The molecule has 9 rings (SSSR count). The van der Waals surface area contributed by atoms with E-state index in [4.69, 9.17) is 15.0 Å². The van der Waals surface area contributed by atoms with Crippen LogP contribution in [0.25, 0.3) is 39.2 Å². The van der Waals surface area contributed by atoms with Gasteiger partial charge in [-0.25, -0.2) is 15.0 Å². The van der Waals surface area contributed by atoms with Crippen molar-refractivity contribution in [2.75, 3.05) is 4.90 Å². The van der Waals surface area contributed by atoms with E-state index in [2.05, 4.69) is 203 Å². The number of allylic oxidation sites excluding steroid dienone is 13. The molecule has 4 heteroatoms. The molecule has 1 aliphatic heterocycles. The number of hydrogen-bond acceptors (Lipinski definition) is 4. The second-order valence-electron chi connectivity index (χ2n) is 15.6. The summed E-state index contributed by atoms with van der Waals surface area (Å²) in [5.74, 6) is 2.97.